The van der Waals surface area contributed by atoms with Crippen LogP contribution < -0.4 is 4.90 Å². The summed E-state index contributed by atoms with van der Waals surface area (Å²) in [5.74, 6) is 2.93. The molecule has 1 saturated carbocycles. The van der Waals surface area contributed by atoms with E-state index in [-0.39, 0.29) is 5.41 Å². The van der Waals surface area contributed by atoms with Gasteiger partial charge in [-0.1, -0.05) is 20.8 Å². The first kappa shape index (κ1) is 14.9. The molecule has 23 heavy (non-hydrogen) atoms. The summed E-state index contributed by atoms with van der Waals surface area (Å²) < 4.78 is 1.91. The summed E-state index contributed by atoms with van der Waals surface area (Å²) in [6.07, 6.45) is 2.86. The van der Waals surface area contributed by atoms with Crippen LogP contribution in [0, 0.1) is 5.92 Å². The van der Waals surface area contributed by atoms with Gasteiger partial charge in [0.1, 0.15) is 5.82 Å². The molecule has 2 aromatic heterocycles. The van der Waals surface area contributed by atoms with Crippen LogP contribution in [0.2, 0.25) is 0 Å². The maximum atomic E-state index is 4.82. The highest BCUT2D eigenvalue weighted by Crippen LogP contribution is 2.30. The number of fused-ring (bicyclic) bond motifs is 1. The summed E-state index contributed by atoms with van der Waals surface area (Å²) in [4.78, 5) is 4.99. The molecule has 0 aromatic carbocycles. The zero-order valence-electron chi connectivity index (χ0n) is 14.4. The lowest BCUT2D eigenvalue weighted by atomic mass is 9.96. The van der Waals surface area contributed by atoms with Crippen LogP contribution >= 0.6 is 0 Å². The maximum Gasteiger partial charge on any atom is 0.178 e. The van der Waals surface area contributed by atoms with Crippen molar-refractivity contribution in [1.82, 2.24) is 24.7 Å². The van der Waals surface area contributed by atoms with Gasteiger partial charge in [0.2, 0.25) is 0 Å². The number of hydrogen-bond acceptors (Lipinski definition) is 5. The van der Waals surface area contributed by atoms with Crippen LogP contribution in [-0.2, 0) is 5.41 Å². The Morgan fingerprint density at radius 2 is 1.78 bits per heavy atom. The highest BCUT2D eigenvalue weighted by molar-refractivity contribution is 5.46. The lowest BCUT2D eigenvalue weighted by molar-refractivity contribution is 0.247. The predicted molar refractivity (Wildman–Crippen MR) is 90.9 cm³/mol. The molecule has 2 fully saturated rings. The third-order valence-electron chi connectivity index (χ3n) is 4.83. The molecular formula is C17H26N6. The van der Waals surface area contributed by atoms with Crippen LogP contribution in [0.25, 0.3) is 5.65 Å². The quantitative estimate of drug-likeness (QED) is 0.867. The normalized spacial score (nSPS) is 20.4. The van der Waals surface area contributed by atoms with Crippen LogP contribution in [0.15, 0.2) is 12.1 Å². The van der Waals surface area contributed by atoms with Crippen molar-refractivity contribution in [1.29, 1.82) is 0 Å². The Labute approximate surface area is 137 Å². The molecule has 0 N–H and O–H groups in total. The Balaban J connectivity index is 1.52. The van der Waals surface area contributed by atoms with Crippen LogP contribution in [0.1, 0.15) is 39.4 Å². The van der Waals surface area contributed by atoms with Crippen molar-refractivity contribution in [3.05, 3.63) is 18.0 Å². The second-order valence-electron chi connectivity index (χ2n) is 7.97. The Morgan fingerprint density at radius 3 is 2.43 bits per heavy atom. The van der Waals surface area contributed by atoms with Gasteiger partial charge in [0.05, 0.1) is 0 Å². The van der Waals surface area contributed by atoms with Gasteiger partial charge >= 0.3 is 0 Å². The number of nitrogens with zero attached hydrogens (tertiary/aromatic N) is 6. The molecule has 2 aliphatic rings. The highest BCUT2D eigenvalue weighted by Gasteiger charge is 2.27. The van der Waals surface area contributed by atoms with Gasteiger partial charge in [-0.15, -0.1) is 15.3 Å². The van der Waals surface area contributed by atoms with Crippen molar-refractivity contribution in [2.24, 2.45) is 5.92 Å². The molecule has 0 spiro atoms. The molecule has 0 atom stereocenters. The van der Waals surface area contributed by atoms with Gasteiger partial charge in [-0.25, -0.2) is 0 Å². The zero-order valence-corrected chi connectivity index (χ0v) is 14.4. The number of piperazine rings is 1. The molecule has 6 heteroatoms. The first-order valence-electron chi connectivity index (χ1n) is 8.71. The molecule has 6 nitrogen and oxygen atoms in total. The summed E-state index contributed by atoms with van der Waals surface area (Å²) in [7, 11) is 0. The van der Waals surface area contributed by atoms with Crippen molar-refractivity contribution in [2.75, 3.05) is 37.6 Å². The van der Waals surface area contributed by atoms with E-state index in [1.165, 1.54) is 19.4 Å². The minimum atomic E-state index is -0.0615. The van der Waals surface area contributed by atoms with E-state index in [2.05, 4.69) is 46.8 Å². The lowest BCUT2D eigenvalue weighted by Crippen LogP contribution is -2.47. The standard InChI is InChI=1S/C17H26N6/c1-17(2,3)16-19-18-14-6-7-15(20-23(14)16)22-10-8-21(9-11-22)12-13-4-5-13/h6-7,13H,4-5,8-12H2,1-3H3. The molecule has 1 aliphatic heterocycles. The largest absolute Gasteiger partial charge is 0.353 e. The van der Waals surface area contributed by atoms with Crippen molar-refractivity contribution >= 4 is 11.5 Å². The number of rotatable bonds is 3. The van der Waals surface area contributed by atoms with Crippen molar-refractivity contribution < 1.29 is 0 Å². The lowest BCUT2D eigenvalue weighted by Gasteiger charge is -2.35. The maximum absolute atomic E-state index is 4.82. The third-order valence-corrected chi connectivity index (χ3v) is 4.83. The van der Waals surface area contributed by atoms with E-state index in [1.54, 1.807) is 0 Å². The Bertz CT molecular complexity index is 689. The van der Waals surface area contributed by atoms with Gasteiger partial charge in [0.15, 0.2) is 11.5 Å². The van der Waals surface area contributed by atoms with E-state index in [0.717, 1.165) is 49.4 Å². The highest BCUT2D eigenvalue weighted by atomic mass is 15.4. The molecule has 2 aromatic rings. The van der Waals surface area contributed by atoms with E-state index in [1.807, 2.05) is 10.6 Å². The predicted octanol–water partition coefficient (Wildman–Crippen LogP) is 1.95. The van der Waals surface area contributed by atoms with E-state index in [0.29, 0.717) is 0 Å². The fraction of sp³-hybridized carbons (Fsp3) is 0.706. The third kappa shape index (κ3) is 3.04. The SMILES string of the molecule is CC(C)(C)c1nnc2ccc(N3CCN(CC4CC4)CC3)nn12. The zero-order chi connectivity index (χ0) is 16.0. The second-order valence-corrected chi connectivity index (χ2v) is 7.97. The fourth-order valence-corrected chi connectivity index (χ4v) is 3.24. The molecule has 1 saturated heterocycles. The van der Waals surface area contributed by atoms with Gasteiger partial charge in [-0.05, 0) is 30.9 Å². The molecule has 0 bridgehead atoms. The molecule has 3 heterocycles. The number of anilines is 1. The average Bonchev–Trinajstić information content (AvgIpc) is 3.22. The molecule has 4 rings (SSSR count). The smallest absolute Gasteiger partial charge is 0.178 e. The van der Waals surface area contributed by atoms with Crippen molar-refractivity contribution in [3.63, 3.8) is 0 Å². The molecular weight excluding hydrogens is 288 g/mol. The summed E-state index contributed by atoms with van der Waals surface area (Å²) in [5.41, 5.74) is 0.764. The van der Waals surface area contributed by atoms with Crippen LogP contribution in [-0.4, -0.2) is 57.4 Å². The first-order chi connectivity index (χ1) is 11.0. The summed E-state index contributed by atoms with van der Waals surface area (Å²) in [5, 5.41) is 13.4. The minimum absolute atomic E-state index is 0.0615. The Hall–Kier alpha value is -1.69. The van der Waals surface area contributed by atoms with Crippen LogP contribution in [0.5, 0.6) is 0 Å². The van der Waals surface area contributed by atoms with Gasteiger partial charge in [-0.2, -0.15) is 4.52 Å². The van der Waals surface area contributed by atoms with E-state index < -0.39 is 0 Å². The summed E-state index contributed by atoms with van der Waals surface area (Å²) >= 11 is 0. The Morgan fingerprint density at radius 1 is 1.04 bits per heavy atom. The average molecular weight is 314 g/mol. The second kappa shape index (κ2) is 5.44. The van der Waals surface area contributed by atoms with Crippen LogP contribution in [0.4, 0.5) is 5.82 Å². The summed E-state index contributed by atoms with van der Waals surface area (Å²) in [6.45, 7) is 12.1. The van der Waals surface area contributed by atoms with Gasteiger partial charge in [0.25, 0.3) is 0 Å². The first-order valence-corrected chi connectivity index (χ1v) is 8.71. The molecule has 0 unspecified atom stereocenters. The number of hydrogen-bond donors (Lipinski definition) is 0. The number of aromatic nitrogens is 4. The molecule has 0 radical (unpaired) electrons. The topological polar surface area (TPSA) is 49.6 Å². The fourth-order valence-electron chi connectivity index (χ4n) is 3.24. The van der Waals surface area contributed by atoms with Gasteiger partial charge < -0.3 is 4.90 Å². The molecule has 124 valence electrons. The van der Waals surface area contributed by atoms with Crippen LogP contribution in [0.3, 0.4) is 0 Å². The van der Waals surface area contributed by atoms with Crippen molar-refractivity contribution in [3.8, 4) is 0 Å². The molecule has 0 amide bonds. The monoisotopic (exact) mass is 314 g/mol. The van der Waals surface area contributed by atoms with E-state index in [4.69, 9.17) is 5.10 Å². The Kier molecular flexibility index (Phi) is 3.52. The minimum Gasteiger partial charge on any atom is -0.353 e. The van der Waals surface area contributed by atoms with Crippen molar-refractivity contribution in [2.45, 2.75) is 39.0 Å². The van der Waals surface area contributed by atoms with Gasteiger partial charge in [0, 0.05) is 38.1 Å². The summed E-state index contributed by atoms with van der Waals surface area (Å²) in [6, 6.07) is 4.11. The van der Waals surface area contributed by atoms with E-state index >= 15 is 0 Å². The molecule has 1 aliphatic carbocycles. The van der Waals surface area contributed by atoms with E-state index in [9.17, 15) is 0 Å². The van der Waals surface area contributed by atoms with Gasteiger partial charge in [-0.3, -0.25) is 4.90 Å².